The Morgan fingerprint density at radius 2 is 1.82 bits per heavy atom. The van der Waals surface area contributed by atoms with Crippen LogP contribution in [-0.4, -0.2) is 35.7 Å². The van der Waals surface area contributed by atoms with Gasteiger partial charge in [-0.05, 0) is 51.8 Å². The van der Waals surface area contributed by atoms with E-state index >= 15 is 0 Å². The minimum absolute atomic E-state index is 0.118. The topological polar surface area (TPSA) is 118 Å². The van der Waals surface area contributed by atoms with E-state index in [1.807, 2.05) is 6.07 Å². The molecule has 0 fully saturated rings. The molecule has 0 spiro atoms. The number of rotatable bonds is 6. The Morgan fingerprint density at radius 1 is 1.18 bits per heavy atom. The zero-order valence-electron chi connectivity index (χ0n) is 17.1. The highest BCUT2D eigenvalue weighted by atomic mass is 16.6. The molecule has 0 radical (unpaired) electrons. The second-order valence-electron chi connectivity index (χ2n) is 7.80. The van der Waals surface area contributed by atoms with E-state index in [-0.39, 0.29) is 11.5 Å². The Labute approximate surface area is 165 Å². The first-order valence-electron chi connectivity index (χ1n) is 8.86. The summed E-state index contributed by atoms with van der Waals surface area (Å²) in [5.74, 6) is -1.42. The molecule has 0 aliphatic rings. The second kappa shape index (κ2) is 9.22. The molecular weight excluding hydrogens is 362 g/mol. The van der Waals surface area contributed by atoms with E-state index in [4.69, 9.17) is 9.47 Å². The number of anilines is 1. The van der Waals surface area contributed by atoms with Gasteiger partial charge in [0.15, 0.2) is 6.61 Å². The minimum Gasteiger partial charge on any atom is -0.452 e. The van der Waals surface area contributed by atoms with Gasteiger partial charge in [-0.1, -0.05) is 19.9 Å². The molecular formula is C20H27N3O5. The maximum Gasteiger partial charge on any atom is 0.412 e. The summed E-state index contributed by atoms with van der Waals surface area (Å²) in [5.41, 5.74) is -1.19. The predicted molar refractivity (Wildman–Crippen MR) is 104 cm³/mol. The minimum atomic E-state index is -1.05. The first-order valence-corrected chi connectivity index (χ1v) is 8.86. The fourth-order valence-electron chi connectivity index (χ4n) is 1.99. The zero-order chi connectivity index (χ0) is 21.5. The van der Waals surface area contributed by atoms with Crippen LogP contribution in [0.4, 0.5) is 10.5 Å². The van der Waals surface area contributed by atoms with Crippen molar-refractivity contribution in [3.8, 4) is 6.07 Å². The summed E-state index contributed by atoms with van der Waals surface area (Å²) in [6.07, 6.45) is -0.651. The molecule has 0 bridgehead atoms. The number of esters is 1. The molecule has 2 N–H and O–H groups in total. The number of nitrogens with zero attached hydrogens (tertiary/aromatic N) is 1. The van der Waals surface area contributed by atoms with Crippen LogP contribution in [0.5, 0.6) is 0 Å². The Kier molecular flexibility index (Phi) is 7.56. The summed E-state index contributed by atoms with van der Waals surface area (Å²) in [5, 5.41) is 14.3. The SMILES string of the molecule is CC(C)[C@](C)(C#N)NC(=O)COC(=O)c1cccc(NC(=O)OC(C)(C)C)c1. The normalized spacial score (nSPS) is 13.1. The summed E-state index contributed by atoms with van der Waals surface area (Å²) in [6.45, 7) is 9.90. The fraction of sp³-hybridized carbons (Fsp3) is 0.500. The van der Waals surface area contributed by atoms with Crippen LogP contribution >= 0.6 is 0 Å². The molecule has 8 nitrogen and oxygen atoms in total. The summed E-state index contributed by atoms with van der Waals surface area (Å²) in [4.78, 5) is 36.0. The average Bonchev–Trinajstić information content (AvgIpc) is 2.57. The van der Waals surface area contributed by atoms with Gasteiger partial charge in [-0.3, -0.25) is 10.1 Å². The van der Waals surface area contributed by atoms with Gasteiger partial charge in [0.2, 0.25) is 0 Å². The fourth-order valence-corrected chi connectivity index (χ4v) is 1.99. The largest absolute Gasteiger partial charge is 0.452 e. The summed E-state index contributed by atoms with van der Waals surface area (Å²) in [6, 6.07) is 8.11. The highest BCUT2D eigenvalue weighted by Crippen LogP contribution is 2.16. The van der Waals surface area contributed by atoms with Crippen LogP contribution in [0.3, 0.4) is 0 Å². The number of hydrogen-bond donors (Lipinski definition) is 2. The molecule has 0 saturated carbocycles. The highest BCUT2D eigenvalue weighted by Gasteiger charge is 2.30. The van der Waals surface area contributed by atoms with E-state index in [1.165, 1.54) is 12.1 Å². The molecule has 0 aromatic heterocycles. The van der Waals surface area contributed by atoms with Crippen molar-refractivity contribution in [1.29, 1.82) is 5.26 Å². The molecule has 0 heterocycles. The average molecular weight is 389 g/mol. The first kappa shape index (κ1) is 23.0. The van der Waals surface area contributed by atoms with Gasteiger partial charge in [-0.25, -0.2) is 9.59 Å². The van der Waals surface area contributed by atoms with E-state index in [0.717, 1.165) is 0 Å². The van der Waals surface area contributed by atoms with Gasteiger partial charge in [-0.15, -0.1) is 0 Å². The van der Waals surface area contributed by atoms with Gasteiger partial charge in [0.05, 0.1) is 11.6 Å². The third-order valence-electron chi connectivity index (χ3n) is 3.86. The predicted octanol–water partition coefficient (Wildman–Crippen LogP) is 3.24. The smallest absolute Gasteiger partial charge is 0.412 e. The van der Waals surface area contributed by atoms with Crippen LogP contribution < -0.4 is 10.6 Å². The molecule has 0 saturated heterocycles. The van der Waals surface area contributed by atoms with E-state index in [9.17, 15) is 19.6 Å². The highest BCUT2D eigenvalue weighted by molar-refractivity contribution is 5.94. The van der Waals surface area contributed by atoms with Crippen LogP contribution in [-0.2, 0) is 14.3 Å². The first-order chi connectivity index (χ1) is 12.9. The van der Waals surface area contributed by atoms with Crippen molar-refractivity contribution in [2.45, 2.75) is 52.7 Å². The van der Waals surface area contributed by atoms with Crippen molar-refractivity contribution in [2.24, 2.45) is 5.92 Å². The Morgan fingerprint density at radius 3 is 2.36 bits per heavy atom. The summed E-state index contributed by atoms with van der Waals surface area (Å²) >= 11 is 0. The Hall–Kier alpha value is -3.08. The maximum atomic E-state index is 12.2. The van der Waals surface area contributed by atoms with E-state index < -0.39 is 35.7 Å². The number of nitriles is 1. The van der Waals surface area contributed by atoms with Crippen LogP contribution in [0.15, 0.2) is 24.3 Å². The maximum absolute atomic E-state index is 12.2. The van der Waals surface area contributed by atoms with E-state index in [1.54, 1.807) is 53.7 Å². The van der Waals surface area contributed by atoms with Crippen LogP contribution in [0.2, 0.25) is 0 Å². The lowest BCUT2D eigenvalue weighted by Crippen LogP contribution is -2.50. The molecule has 0 aliphatic heterocycles. The lowest BCUT2D eigenvalue weighted by Gasteiger charge is -2.27. The molecule has 0 aliphatic carbocycles. The van der Waals surface area contributed by atoms with Gasteiger partial charge in [0.1, 0.15) is 11.1 Å². The molecule has 8 heteroatoms. The van der Waals surface area contributed by atoms with Gasteiger partial charge in [-0.2, -0.15) is 5.26 Å². The van der Waals surface area contributed by atoms with Crippen molar-refractivity contribution in [3.05, 3.63) is 29.8 Å². The quantitative estimate of drug-likeness (QED) is 0.721. The number of ether oxygens (including phenoxy) is 2. The standard InChI is InChI=1S/C20H27N3O5/c1-13(2)20(6,12-21)23-16(24)11-27-17(25)14-8-7-9-15(10-14)22-18(26)28-19(3,4)5/h7-10,13H,11H2,1-6H3,(H,22,26)(H,23,24)/t20-/m0/s1. The molecule has 1 aromatic carbocycles. The Balaban J connectivity index is 2.67. The number of nitrogens with one attached hydrogen (secondary N) is 2. The van der Waals surface area contributed by atoms with Crippen molar-refractivity contribution in [2.75, 3.05) is 11.9 Å². The third-order valence-corrected chi connectivity index (χ3v) is 3.86. The lowest BCUT2D eigenvalue weighted by atomic mass is 9.90. The van der Waals surface area contributed by atoms with Gasteiger partial charge >= 0.3 is 12.1 Å². The number of benzene rings is 1. The second-order valence-corrected chi connectivity index (χ2v) is 7.80. The molecule has 1 rings (SSSR count). The Bertz CT molecular complexity index is 777. The molecule has 0 unspecified atom stereocenters. The molecule has 1 atom stereocenters. The van der Waals surface area contributed by atoms with Gasteiger partial charge in [0.25, 0.3) is 5.91 Å². The van der Waals surface area contributed by atoms with E-state index in [0.29, 0.717) is 5.69 Å². The van der Waals surface area contributed by atoms with Crippen molar-refractivity contribution in [3.63, 3.8) is 0 Å². The van der Waals surface area contributed by atoms with Crippen LogP contribution in [0.1, 0.15) is 51.9 Å². The van der Waals surface area contributed by atoms with Gasteiger partial charge in [0, 0.05) is 5.69 Å². The van der Waals surface area contributed by atoms with E-state index in [2.05, 4.69) is 10.6 Å². The third kappa shape index (κ3) is 7.27. The monoisotopic (exact) mass is 389 g/mol. The molecule has 1 aromatic rings. The van der Waals surface area contributed by atoms with Crippen molar-refractivity contribution < 1.29 is 23.9 Å². The molecule has 2 amide bonds. The van der Waals surface area contributed by atoms with Crippen LogP contribution in [0.25, 0.3) is 0 Å². The number of carbonyl (C=O) groups excluding carboxylic acids is 3. The molecule has 28 heavy (non-hydrogen) atoms. The summed E-state index contributed by atoms with van der Waals surface area (Å²) in [7, 11) is 0. The van der Waals surface area contributed by atoms with Crippen molar-refractivity contribution in [1.82, 2.24) is 5.32 Å². The lowest BCUT2D eigenvalue weighted by molar-refractivity contribution is -0.125. The molecule has 152 valence electrons. The van der Waals surface area contributed by atoms with Crippen molar-refractivity contribution >= 4 is 23.7 Å². The van der Waals surface area contributed by atoms with Gasteiger partial charge < -0.3 is 14.8 Å². The zero-order valence-corrected chi connectivity index (χ0v) is 17.1. The number of amides is 2. The van der Waals surface area contributed by atoms with Crippen LogP contribution in [0, 0.1) is 17.2 Å². The number of hydrogen-bond acceptors (Lipinski definition) is 6. The summed E-state index contributed by atoms with van der Waals surface area (Å²) < 4.78 is 10.1. The number of carbonyl (C=O) groups is 3.